The van der Waals surface area contributed by atoms with E-state index in [1.165, 1.54) is 6.21 Å². The third-order valence-electron chi connectivity index (χ3n) is 2.94. The maximum atomic E-state index is 11.9. The molecule has 6 heteroatoms. The van der Waals surface area contributed by atoms with Gasteiger partial charge in [-0.15, -0.1) is 0 Å². The van der Waals surface area contributed by atoms with Crippen LogP contribution in [0.5, 0.6) is 5.75 Å². The second-order valence-electron chi connectivity index (χ2n) is 4.67. The number of nitrogens with one attached hydrogen (secondary N) is 2. The minimum Gasteiger partial charge on any atom is -0.507 e. The molecule has 2 aromatic rings. The fourth-order valence-corrected chi connectivity index (χ4v) is 1.85. The predicted octanol–water partition coefficient (Wildman–Crippen LogP) is 3.00. The molecule has 22 heavy (non-hydrogen) atoms. The van der Waals surface area contributed by atoms with Crippen molar-refractivity contribution in [2.45, 2.75) is 13.0 Å². The Kier molecular flexibility index (Phi) is 5.38. The number of hydrogen-bond acceptors (Lipinski definition) is 4. The zero-order valence-electron chi connectivity index (χ0n) is 12.0. The van der Waals surface area contributed by atoms with Gasteiger partial charge in [0, 0.05) is 16.3 Å². The number of hydrazone groups is 1. The Labute approximate surface area is 133 Å². The SMILES string of the molecule is CC(Nc1ccc(Cl)cc1)C(=O)NN=Cc1ccccc1O. The van der Waals surface area contributed by atoms with Gasteiger partial charge in [0.05, 0.1) is 6.21 Å². The van der Waals surface area contributed by atoms with E-state index in [1.54, 1.807) is 55.5 Å². The zero-order valence-corrected chi connectivity index (χ0v) is 12.7. The fraction of sp³-hybridized carbons (Fsp3) is 0.125. The smallest absolute Gasteiger partial charge is 0.262 e. The van der Waals surface area contributed by atoms with E-state index in [0.29, 0.717) is 10.6 Å². The van der Waals surface area contributed by atoms with Crippen LogP contribution in [0.1, 0.15) is 12.5 Å². The summed E-state index contributed by atoms with van der Waals surface area (Å²) in [6.45, 7) is 1.72. The number of hydrogen-bond donors (Lipinski definition) is 3. The Morgan fingerprint density at radius 3 is 2.59 bits per heavy atom. The number of halogens is 1. The lowest BCUT2D eigenvalue weighted by molar-refractivity contribution is -0.121. The van der Waals surface area contributed by atoms with E-state index in [0.717, 1.165) is 5.69 Å². The van der Waals surface area contributed by atoms with Crippen molar-refractivity contribution in [1.82, 2.24) is 5.43 Å². The van der Waals surface area contributed by atoms with Gasteiger partial charge in [0.25, 0.3) is 5.91 Å². The topological polar surface area (TPSA) is 73.7 Å². The van der Waals surface area contributed by atoms with E-state index in [-0.39, 0.29) is 11.7 Å². The molecule has 0 aliphatic rings. The second kappa shape index (κ2) is 7.47. The number of anilines is 1. The zero-order chi connectivity index (χ0) is 15.9. The Morgan fingerprint density at radius 2 is 1.91 bits per heavy atom. The summed E-state index contributed by atoms with van der Waals surface area (Å²) in [5.41, 5.74) is 3.74. The summed E-state index contributed by atoms with van der Waals surface area (Å²) in [5, 5.41) is 17.1. The molecular weight excluding hydrogens is 302 g/mol. The van der Waals surface area contributed by atoms with E-state index >= 15 is 0 Å². The van der Waals surface area contributed by atoms with Gasteiger partial charge in [-0.25, -0.2) is 5.43 Å². The maximum Gasteiger partial charge on any atom is 0.262 e. The van der Waals surface area contributed by atoms with Gasteiger partial charge >= 0.3 is 0 Å². The lowest BCUT2D eigenvalue weighted by Gasteiger charge is -2.13. The molecule has 5 nitrogen and oxygen atoms in total. The molecule has 0 aromatic heterocycles. The Balaban J connectivity index is 1.89. The second-order valence-corrected chi connectivity index (χ2v) is 5.10. The molecule has 0 aliphatic heterocycles. The highest BCUT2D eigenvalue weighted by atomic mass is 35.5. The molecule has 0 heterocycles. The molecule has 0 fully saturated rings. The fourth-order valence-electron chi connectivity index (χ4n) is 1.72. The van der Waals surface area contributed by atoms with E-state index in [9.17, 15) is 9.90 Å². The molecule has 0 spiro atoms. The number of phenolic OH excluding ortho intramolecular Hbond substituents is 1. The van der Waals surface area contributed by atoms with Crippen LogP contribution in [0.25, 0.3) is 0 Å². The number of benzene rings is 2. The summed E-state index contributed by atoms with van der Waals surface area (Å²) in [4.78, 5) is 11.9. The number of carbonyl (C=O) groups excluding carboxylic acids is 1. The minimum atomic E-state index is -0.470. The third-order valence-corrected chi connectivity index (χ3v) is 3.19. The largest absolute Gasteiger partial charge is 0.507 e. The van der Waals surface area contributed by atoms with Crippen molar-refractivity contribution in [3.63, 3.8) is 0 Å². The van der Waals surface area contributed by atoms with Crippen molar-refractivity contribution in [2.75, 3.05) is 5.32 Å². The number of phenols is 1. The standard InChI is InChI=1S/C16H16ClN3O2/c1-11(19-14-8-6-13(17)7-9-14)16(22)20-18-10-12-4-2-3-5-15(12)21/h2-11,19,21H,1H3,(H,20,22). The van der Waals surface area contributed by atoms with Gasteiger partial charge in [0.1, 0.15) is 11.8 Å². The van der Waals surface area contributed by atoms with Crippen molar-refractivity contribution in [3.8, 4) is 5.75 Å². The van der Waals surface area contributed by atoms with Gasteiger partial charge in [0.2, 0.25) is 0 Å². The lowest BCUT2D eigenvalue weighted by atomic mass is 10.2. The first-order chi connectivity index (χ1) is 10.6. The first-order valence-electron chi connectivity index (χ1n) is 6.69. The number of rotatable bonds is 5. The van der Waals surface area contributed by atoms with Crippen molar-refractivity contribution >= 4 is 29.4 Å². The van der Waals surface area contributed by atoms with Crippen molar-refractivity contribution in [3.05, 3.63) is 59.1 Å². The van der Waals surface area contributed by atoms with Crippen LogP contribution < -0.4 is 10.7 Å². The summed E-state index contributed by atoms with van der Waals surface area (Å²) in [7, 11) is 0. The summed E-state index contributed by atoms with van der Waals surface area (Å²) in [6.07, 6.45) is 1.39. The summed E-state index contributed by atoms with van der Waals surface area (Å²) < 4.78 is 0. The number of carbonyl (C=O) groups is 1. The van der Waals surface area contributed by atoms with Crippen LogP contribution >= 0.6 is 11.6 Å². The number of aromatic hydroxyl groups is 1. The Hall–Kier alpha value is -2.53. The van der Waals surface area contributed by atoms with Crippen LogP contribution in [0, 0.1) is 0 Å². The molecule has 0 aliphatic carbocycles. The predicted molar refractivity (Wildman–Crippen MR) is 88.4 cm³/mol. The Bertz CT molecular complexity index is 671. The number of amides is 1. The molecule has 0 saturated heterocycles. The molecule has 2 rings (SSSR count). The Morgan fingerprint density at radius 1 is 1.23 bits per heavy atom. The van der Waals surface area contributed by atoms with E-state index < -0.39 is 6.04 Å². The molecule has 0 saturated carbocycles. The monoisotopic (exact) mass is 317 g/mol. The van der Waals surface area contributed by atoms with Gasteiger partial charge in [-0.2, -0.15) is 5.10 Å². The average Bonchev–Trinajstić information content (AvgIpc) is 2.51. The van der Waals surface area contributed by atoms with Gasteiger partial charge in [-0.1, -0.05) is 23.7 Å². The van der Waals surface area contributed by atoms with Crippen LogP contribution in [0.4, 0.5) is 5.69 Å². The van der Waals surface area contributed by atoms with Crippen LogP contribution in [0.3, 0.4) is 0 Å². The molecule has 1 atom stereocenters. The molecular formula is C16H16ClN3O2. The summed E-state index contributed by atoms with van der Waals surface area (Å²) in [6, 6.07) is 13.3. The molecule has 1 unspecified atom stereocenters. The van der Waals surface area contributed by atoms with Crippen LogP contribution in [-0.4, -0.2) is 23.3 Å². The van der Waals surface area contributed by atoms with Gasteiger partial charge < -0.3 is 10.4 Å². The van der Waals surface area contributed by atoms with Gasteiger partial charge in [0.15, 0.2) is 0 Å². The molecule has 2 aromatic carbocycles. The average molecular weight is 318 g/mol. The van der Waals surface area contributed by atoms with Crippen molar-refractivity contribution in [1.29, 1.82) is 0 Å². The van der Waals surface area contributed by atoms with Crippen molar-refractivity contribution < 1.29 is 9.90 Å². The first kappa shape index (κ1) is 15.9. The van der Waals surface area contributed by atoms with Gasteiger partial charge in [-0.05, 0) is 43.3 Å². The van der Waals surface area contributed by atoms with Crippen LogP contribution in [0.15, 0.2) is 53.6 Å². The van der Waals surface area contributed by atoms with E-state index in [2.05, 4.69) is 15.8 Å². The summed E-state index contributed by atoms with van der Waals surface area (Å²) >= 11 is 5.80. The van der Waals surface area contributed by atoms with Crippen LogP contribution in [-0.2, 0) is 4.79 Å². The molecule has 3 N–H and O–H groups in total. The summed E-state index contributed by atoms with van der Waals surface area (Å²) in [5.74, 6) is -0.186. The molecule has 114 valence electrons. The van der Waals surface area contributed by atoms with Gasteiger partial charge in [-0.3, -0.25) is 4.79 Å². The highest BCUT2D eigenvalue weighted by Crippen LogP contribution is 2.14. The normalized spacial score (nSPS) is 12.1. The van der Waals surface area contributed by atoms with Crippen molar-refractivity contribution in [2.24, 2.45) is 5.10 Å². The first-order valence-corrected chi connectivity index (χ1v) is 7.07. The number of para-hydroxylation sites is 1. The molecule has 0 radical (unpaired) electrons. The minimum absolute atomic E-state index is 0.104. The van der Waals surface area contributed by atoms with Crippen LogP contribution in [0.2, 0.25) is 5.02 Å². The lowest BCUT2D eigenvalue weighted by Crippen LogP contribution is -2.34. The molecule has 1 amide bonds. The molecule has 0 bridgehead atoms. The highest BCUT2D eigenvalue weighted by Gasteiger charge is 2.11. The quantitative estimate of drug-likeness (QED) is 0.586. The number of nitrogens with zero attached hydrogens (tertiary/aromatic N) is 1. The highest BCUT2D eigenvalue weighted by molar-refractivity contribution is 6.30. The third kappa shape index (κ3) is 4.49. The maximum absolute atomic E-state index is 11.9. The van der Waals surface area contributed by atoms with E-state index in [4.69, 9.17) is 11.6 Å². The van der Waals surface area contributed by atoms with E-state index in [1.807, 2.05) is 0 Å².